The molecule has 2 N–H and O–H groups in total. The van der Waals surface area contributed by atoms with Crippen molar-refractivity contribution >= 4 is 5.82 Å². The number of benzene rings is 1. The van der Waals surface area contributed by atoms with Crippen molar-refractivity contribution in [2.24, 2.45) is 0 Å². The number of nitrogens with zero attached hydrogens (tertiary/aromatic N) is 1. The van der Waals surface area contributed by atoms with Gasteiger partial charge in [-0.25, -0.2) is 0 Å². The van der Waals surface area contributed by atoms with Crippen LogP contribution in [0.5, 0.6) is 0 Å². The number of hydrogen-bond acceptors (Lipinski definition) is 4. The van der Waals surface area contributed by atoms with E-state index in [2.05, 4.69) is 24.2 Å². The molecule has 1 unspecified atom stereocenters. The Morgan fingerprint density at radius 1 is 1.29 bits per heavy atom. The second-order valence-corrected chi connectivity index (χ2v) is 5.71. The molecule has 0 spiro atoms. The monoisotopic (exact) mass is 286 g/mol. The molecule has 1 aliphatic rings. The van der Waals surface area contributed by atoms with Crippen LogP contribution < -0.4 is 5.73 Å². The minimum Gasteiger partial charge on any atom is -0.380 e. The second kappa shape index (κ2) is 6.31. The molecule has 112 valence electrons. The van der Waals surface area contributed by atoms with Crippen LogP contribution in [0.4, 0.5) is 5.82 Å². The van der Waals surface area contributed by atoms with E-state index in [1.807, 2.05) is 12.1 Å². The summed E-state index contributed by atoms with van der Waals surface area (Å²) in [5, 5.41) is 3.96. The Morgan fingerprint density at radius 3 is 2.90 bits per heavy atom. The number of aromatic nitrogens is 1. The molecule has 0 amide bonds. The fourth-order valence-corrected chi connectivity index (χ4v) is 2.98. The van der Waals surface area contributed by atoms with Gasteiger partial charge in [-0.3, -0.25) is 0 Å². The van der Waals surface area contributed by atoms with Crippen molar-refractivity contribution in [1.82, 2.24) is 5.16 Å². The molecule has 0 bridgehead atoms. The molecule has 1 aromatic carbocycles. The van der Waals surface area contributed by atoms with Gasteiger partial charge >= 0.3 is 0 Å². The highest BCUT2D eigenvalue weighted by Gasteiger charge is 2.20. The minimum absolute atomic E-state index is 0.342. The first-order valence-electron chi connectivity index (χ1n) is 7.67. The predicted octanol–water partition coefficient (Wildman–Crippen LogP) is 3.73. The number of nitrogen functional groups attached to an aromatic ring is 1. The zero-order valence-corrected chi connectivity index (χ0v) is 12.5. The largest absolute Gasteiger partial charge is 0.380 e. The van der Waals surface area contributed by atoms with Crippen LogP contribution in [-0.4, -0.2) is 17.9 Å². The maximum Gasteiger partial charge on any atom is 0.175 e. The van der Waals surface area contributed by atoms with E-state index < -0.39 is 0 Å². The molecule has 21 heavy (non-hydrogen) atoms. The molecular weight excluding hydrogens is 264 g/mol. The molecular formula is C17H22N2O2. The zero-order valence-electron chi connectivity index (χ0n) is 12.5. The third-order valence-electron chi connectivity index (χ3n) is 4.17. The van der Waals surface area contributed by atoms with Crippen LogP contribution in [0.2, 0.25) is 0 Å². The first-order chi connectivity index (χ1) is 10.3. The van der Waals surface area contributed by atoms with Crippen molar-refractivity contribution < 1.29 is 9.26 Å². The molecule has 1 atom stereocenters. The smallest absolute Gasteiger partial charge is 0.175 e. The third kappa shape index (κ3) is 3.10. The maximum atomic E-state index is 6.01. The molecule has 4 nitrogen and oxygen atoms in total. The Labute approximate surface area is 125 Å². The third-order valence-corrected chi connectivity index (χ3v) is 4.17. The topological polar surface area (TPSA) is 61.3 Å². The van der Waals surface area contributed by atoms with E-state index in [9.17, 15) is 0 Å². The van der Waals surface area contributed by atoms with Gasteiger partial charge in [0.2, 0.25) is 0 Å². The summed E-state index contributed by atoms with van der Waals surface area (Å²) in [4.78, 5) is 0. The van der Waals surface area contributed by atoms with E-state index in [0.29, 0.717) is 11.9 Å². The van der Waals surface area contributed by atoms with Crippen molar-refractivity contribution in [2.75, 3.05) is 12.3 Å². The minimum atomic E-state index is 0.342. The fraction of sp³-hybridized carbons (Fsp3) is 0.471. The van der Waals surface area contributed by atoms with Crippen molar-refractivity contribution in [3.05, 3.63) is 35.6 Å². The van der Waals surface area contributed by atoms with Crippen molar-refractivity contribution in [3.63, 3.8) is 0 Å². The molecule has 1 fully saturated rings. The van der Waals surface area contributed by atoms with Gasteiger partial charge in [-0.05, 0) is 43.7 Å². The zero-order chi connectivity index (χ0) is 14.7. The Hall–Kier alpha value is -1.81. The van der Waals surface area contributed by atoms with Crippen molar-refractivity contribution in [3.8, 4) is 11.1 Å². The molecule has 0 aliphatic carbocycles. The van der Waals surface area contributed by atoms with Crippen LogP contribution in [-0.2, 0) is 11.2 Å². The molecule has 2 heterocycles. The molecule has 2 aromatic rings. The lowest BCUT2D eigenvalue weighted by molar-refractivity contribution is 0.0106. The summed E-state index contributed by atoms with van der Waals surface area (Å²) in [6, 6.07) is 8.19. The van der Waals surface area contributed by atoms with E-state index in [1.165, 1.54) is 18.4 Å². The first kappa shape index (κ1) is 14.1. The molecule has 0 saturated carbocycles. The summed E-state index contributed by atoms with van der Waals surface area (Å²) in [6.45, 7) is 2.96. The summed E-state index contributed by atoms with van der Waals surface area (Å²) in [6.07, 6.45) is 5.71. The lowest BCUT2D eigenvalue weighted by Gasteiger charge is -2.22. The molecule has 1 aromatic heterocycles. The summed E-state index contributed by atoms with van der Waals surface area (Å²) in [5.41, 5.74) is 9.25. The van der Waals surface area contributed by atoms with Gasteiger partial charge in [0.05, 0.1) is 11.7 Å². The summed E-state index contributed by atoms with van der Waals surface area (Å²) >= 11 is 0. The number of ether oxygens (including phenoxy) is 1. The summed E-state index contributed by atoms with van der Waals surface area (Å²) < 4.78 is 11.2. The van der Waals surface area contributed by atoms with Gasteiger partial charge in [0.15, 0.2) is 5.82 Å². The number of aryl methyl sites for hydroxylation is 2. The summed E-state index contributed by atoms with van der Waals surface area (Å²) in [5.74, 6) is 1.35. The Morgan fingerprint density at radius 2 is 2.14 bits per heavy atom. The molecule has 1 aliphatic heterocycles. The van der Waals surface area contributed by atoms with Crippen LogP contribution in [0.25, 0.3) is 11.1 Å². The van der Waals surface area contributed by atoms with Crippen molar-refractivity contribution in [1.29, 1.82) is 0 Å². The van der Waals surface area contributed by atoms with Gasteiger partial charge in [0.25, 0.3) is 0 Å². The fourth-order valence-electron chi connectivity index (χ4n) is 2.98. The lowest BCUT2D eigenvalue weighted by Crippen LogP contribution is -2.19. The van der Waals surface area contributed by atoms with Gasteiger partial charge in [0, 0.05) is 13.0 Å². The van der Waals surface area contributed by atoms with Gasteiger partial charge in [-0.15, -0.1) is 0 Å². The van der Waals surface area contributed by atoms with E-state index >= 15 is 0 Å². The lowest BCUT2D eigenvalue weighted by atomic mass is 9.97. The van der Waals surface area contributed by atoms with Crippen molar-refractivity contribution in [2.45, 2.75) is 45.1 Å². The Bertz CT molecular complexity index is 601. The predicted molar refractivity (Wildman–Crippen MR) is 83.0 cm³/mol. The number of rotatable bonds is 4. The molecule has 1 saturated heterocycles. The average Bonchev–Trinajstić information content (AvgIpc) is 2.88. The number of anilines is 1. The summed E-state index contributed by atoms with van der Waals surface area (Å²) in [7, 11) is 0. The van der Waals surface area contributed by atoms with Crippen LogP contribution in [0.15, 0.2) is 28.8 Å². The molecule has 0 radical (unpaired) electrons. The average molecular weight is 286 g/mol. The van der Waals surface area contributed by atoms with Gasteiger partial charge in [0.1, 0.15) is 5.76 Å². The quantitative estimate of drug-likeness (QED) is 0.930. The second-order valence-electron chi connectivity index (χ2n) is 5.71. The SMILES string of the molecule is Cc1ccccc1-c1c(N)noc1CCC1CCCCO1. The Balaban J connectivity index is 1.79. The van der Waals surface area contributed by atoms with Gasteiger partial charge in [-0.2, -0.15) is 0 Å². The highest BCUT2D eigenvalue weighted by Crippen LogP contribution is 2.33. The van der Waals surface area contributed by atoms with Gasteiger partial charge < -0.3 is 15.0 Å². The molecule has 4 heteroatoms. The normalized spacial score (nSPS) is 18.8. The van der Waals surface area contributed by atoms with E-state index in [1.54, 1.807) is 0 Å². The highest BCUT2D eigenvalue weighted by atomic mass is 16.5. The van der Waals surface area contributed by atoms with Crippen LogP contribution >= 0.6 is 0 Å². The standard InChI is InChI=1S/C17H22N2O2/c1-12-6-2-3-8-14(12)16-15(21-19-17(16)18)10-9-13-7-4-5-11-20-13/h2-3,6,8,13H,4-5,7,9-11H2,1H3,(H2,18,19). The van der Waals surface area contributed by atoms with Crippen LogP contribution in [0, 0.1) is 6.92 Å². The maximum absolute atomic E-state index is 6.01. The van der Waals surface area contributed by atoms with Crippen LogP contribution in [0.3, 0.4) is 0 Å². The number of hydrogen-bond donors (Lipinski definition) is 1. The van der Waals surface area contributed by atoms with Crippen LogP contribution in [0.1, 0.15) is 37.0 Å². The van der Waals surface area contributed by atoms with E-state index in [-0.39, 0.29) is 0 Å². The van der Waals surface area contributed by atoms with E-state index in [4.69, 9.17) is 15.0 Å². The van der Waals surface area contributed by atoms with E-state index in [0.717, 1.165) is 42.8 Å². The first-order valence-corrected chi connectivity index (χ1v) is 7.67. The number of nitrogens with two attached hydrogens (primary N) is 1. The molecule has 3 rings (SSSR count). The Kier molecular flexibility index (Phi) is 4.25. The van der Waals surface area contributed by atoms with Gasteiger partial charge in [-0.1, -0.05) is 29.4 Å². The highest BCUT2D eigenvalue weighted by molar-refractivity contribution is 5.77.